The molecule has 1 fully saturated rings. The first-order valence-electron chi connectivity index (χ1n) is 7.59. The van der Waals surface area contributed by atoms with Gasteiger partial charge in [0.1, 0.15) is 11.5 Å². The number of hydrogen-bond acceptors (Lipinski definition) is 4. The zero-order chi connectivity index (χ0) is 17.2. The highest BCUT2D eigenvalue weighted by atomic mass is 19.4. The van der Waals surface area contributed by atoms with E-state index in [1.54, 1.807) is 17.0 Å². The number of nitrogens with zero attached hydrogens (tertiary/aromatic N) is 3. The van der Waals surface area contributed by atoms with Crippen molar-refractivity contribution < 1.29 is 17.6 Å². The first-order valence-corrected chi connectivity index (χ1v) is 7.59. The van der Waals surface area contributed by atoms with Crippen molar-refractivity contribution in [2.45, 2.75) is 25.1 Å². The topological polar surface area (TPSA) is 41.0 Å². The number of rotatable bonds is 3. The van der Waals surface area contributed by atoms with E-state index < -0.39 is 11.9 Å². The van der Waals surface area contributed by atoms with Gasteiger partial charge in [0.25, 0.3) is 0 Å². The van der Waals surface area contributed by atoms with Crippen LogP contribution >= 0.6 is 0 Å². The van der Waals surface area contributed by atoms with Crippen LogP contribution in [0, 0.1) is 5.82 Å². The number of anilines is 2. The van der Waals surface area contributed by atoms with Crippen LogP contribution in [0.5, 0.6) is 0 Å². The average molecular weight is 340 g/mol. The van der Waals surface area contributed by atoms with Gasteiger partial charge < -0.3 is 10.2 Å². The van der Waals surface area contributed by atoms with E-state index in [-0.39, 0.29) is 17.8 Å². The van der Waals surface area contributed by atoms with Crippen LogP contribution < -0.4 is 10.2 Å². The van der Waals surface area contributed by atoms with E-state index in [2.05, 4.69) is 15.3 Å². The molecule has 4 nitrogen and oxygen atoms in total. The Labute approximate surface area is 136 Å². The predicted octanol–water partition coefficient (Wildman–Crippen LogP) is 3.72. The summed E-state index contributed by atoms with van der Waals surface area (Å²) >= 11 is 0. The van der Waals surface area contributed by atoms with E-state index in [4.69, 9.17) is 0 Å². The molecule has 0 amide bonds. The Kier molecular flexibility index (Phi) is 4.55. The van der Waals surface area contributed by atoms with E-state index in [9.17, 15) is 17.6 Å². The number of halogens is 4. The van der Waals surface area contributed by atoms with E-state index in [1.807, 2.05) is 0 Å². The lowest BCUT2D eigenvalue weighted by Gasteiger charge is -2.33. The van der Waals surface area contributed by atoms with Crippen molar-refractivity contribution in [3.05, 3.63) is 48.0 Å². The molecule has 0 unspecified atom stereocenters. The van der Waals surface area contributed by atoms with Crippen LogP contribution in [0.2, 0.25) is 0 Å². The maximum atomic E-state index is 12.9. The normalized spacial score (nSPS) is 16.2. The van der Waals surface area contributed by atoms with Crippen molar-refractivity contribution in [1.82, 2.24) is 9.97 Å². The van der Waals surface area contributed by atoms with Gasteiger partial charge in [-0.2, -0.15) is 13.2 Å². The van der Waals surface area contributed by atoms with Crippen molar-refractivity contribution in [3.8, 4) is 0 Å². The summed E-state index contributed by atoms with van der Waals surface area (Å²) in [6.07, 6.45) is -1.87. The fraction of sp³-hybridized carbons (Fsp3) is 0.375. The van der Waals surface area contributed by atoms with Crippen molar-refractivity contribution in [2.75, 3.05) is 23.3 Å². The number of nitrogens with one attached hydrogen (secondary N) is 1. The number of alkyl halides is 3. The highest BCUT2D eigenvalue weighted by Gasteiger charge is 2.33. The first kappa shape index (κ1) is 16.5. The molecule has 1 aromatic carbocycles. The molecular weight excluding hydrogens is 324 g/mol. The molecule has 0 spiro atoms. The third-order valence-corrected chi connectivity index (χ3v) is 3.93. The van der Waals surface area contributed by atoms with Gasteiger partial charge in [0.05, 0.1) is 0 Å². The zero-order valence-electron chi connectivity index (χ0n) is 12.7. The Hall–Kier alpha value is -2.38. The minimum absolute atomic E-state index is 0.102. The fourth-order valence-electron chi connectivity index (χ4n) is 2.66. The standard InChI is InChI=1S/C16H16F4N4/c17-11-1-3-12(4-2-11)22-13-6-9-24(10-7-13)15-21-8-5-14(23-15)16(18,19)20/h1-5,8,13,22H,6-7,9-10H2. The maximum absolute atomic E-state index is 12.9. The van der Waals surface area contributed by atoms with Crippen molar-refractivity contribution in [3.63, 3.8) is 0 Å². The summed E-state index contributed by atoms with van der Waals surface area (Å²) in [6, 6.07) is 7.14. The van der Waals surface area contributed by atoms with Crippen molar-refractivity contribution in [2.24, 2.45) is 0 Å². The quantitative estimate of drug-likeness (QED) is 0.865. The Balaban J connectivity index is 1.60. The summed E-state index contributed by atoms with van der Waals surface area (Å²) in [5.74, 6) is -0.192. The first-order chi connectivity index (χ1) is 11.4. The Bertz CT molecular complexity index is 679. The largest absolute Gasteiger partial charge is 0.433 e. The molecule has 0 atom stereocenters. The summed E-state index contributed by atoms with van der Waals surface area (Å²) in [4.78, 5) is 9.31. The van der Waals surface area contributed by atoms with Gasteiger partial charge in [-0.25, -0.2) is 14.4 Å². The van der Waals surface area contributed by atoms with Gasteiger partial charge >= 0.3 is 6.18 Å². The van der Waals surface area contributed by atoms with Crippen LogP contribution in [0.3, 0.4) is 0 Å². The molecule has 128 valence electrons. The second-order valence-electron chi connectivity index (χ2n) is 5.65. The van der Waals surface area contributed by atoms with Gasteiger partial charge in [-0.1, -0.05) is 0 Å². The third-order valence-electron chi connectivity index (χ3n) is 3.93. The molecule has 1 aliphatic heterocycles. The molecule has 2 heterocycles. The van der Waals surface area contributed by atoms with Crippen LogP contribution in [-0.4, -0.2) is 29.1 Å². The fourth-order valence-corrected chi connectivity index (χ4v) is 2.66. The highest BCUT2D eigenvalue weighted by molar-refractivity contribution is 5.44. The lowest BCUT2D eigenvalue weighted by molar-refractivity contribution is -0.141. The summed E-state index contributed by atoms with van der Waals surface area (Å²) in [7, 11) is 0. The van der Waals surface area contributed by atoms with Crippen LogP contribution in [0.25, 0.3) is 0 Å². The maximum Gasteiger partial charge on any atom is 0.433 e. The van der Waals surface area contributed by atoms with Gasteiger partial charge in [0, 0.05) is 31.0 Å². The smallest absolute Gasteiger partial charge is 0.382 e. The highest BCUT2D eigenvalue weighted by Crippen LogP contribution is 2.28. The van der Waals surface area contributed by atoms with Crippen LogP contribution in [-0.2, 0) is 6.18 Å². The lowest BCUT2D eigenvalue weighted by atomic mass is 10.0. The molecule has 1 N–H and O–H groups in total. The van der Waals surface area contributed by atoms with Crippen molar-refractivity contribution in [1.29, 1.82) is 0 Å². The van der Waals surface area contributed by atoms with Gasteiger partial charge in [0.15, 0.2) is 0 Å². The summed E-state index contributed by atoms with van der Waals surface area (Å²) < 4.78 is 51.1. The SMILES string of the molecule is Fc1ccc(NC2CCN(c3nccc(C(F)(F)F)n3)CC2)cc1. The Morgan fingerprint density at radius 2 is 1.71 bits per heavy atom. The zero-order valence-corrected chi connectivity index (χ0v) is 12.7. The molecule has 0 aliphatic carbocycles. The molecule has 8 heteroatoms. The number of piperidine rings is 1. The molecule has 24 heavy (non-hydrogen) atoms. The van der Waals surface area contributed by atoms with E-state index in [0.717, 1.165) is 30.8 Å². The number of hydrogen-bond donors (Lipinski definition) is 1. The number of aromatic nitrogens is 2. The van der Waals surface area contributed by atoms with Crippen LogP contribution in [0.4, 0.5) is 29.2 Å². The predicted molar refractivity (Wildman–Crippen MR) is 82.3 cm³/mol. The molecule has 0 saturated carbocycles. The van der Waals surface area contributed by atoms with Gasteiger partial charge in [0.2, 0.25) is 5.95 Å². The lowest BCUT2D eigenvalue weighted by Crippen LogP contribution is -2.40. The monoisotopic (exact) mass is 340 g/mol. The Morgan fingerprint density at radius 3 is 2.33 bits per heavy atom. The van der Waals surface area contributed by atoms with E-state index >= 15 is 0 Å². The van der Waals surface area contributed by atoms with Gasteiger partial charge in [-0.3, -0.25) is 0 Å². The second kappa shape index (κ2) is 6.62. The molecular formula is C16H16F4N4. The third kappa shape index (κ3) is 3.93. The van der Waals surface area contributed by atoms with Crippen molar-refractivity contribution >= 4 is 11.6 Å². The molecule has 1 aliphatic rings. The molecule has 1 aromatic heterocycles. The molecule has 0 radical (unpaired) electrons. The summed E-state index contributed by atoms with van der Waals surface area (Å²) in [5, 5.41) is 3.30. The molecule has 0 bridgehead atoms. The van der Waals surface area contributed by atoms with E-state index in [0.29, 0.717) is 13.1 Å². The van der Waals surface area contributed by atoms with Gasteiger partial charge in [-0.05, 0) is 43.2 Å². The minimum atomic E-state index is -4.47. The molecule has 1 saturated heterocycles. The summed E-state index contributed by atoms with van der Waals surface area (Å²) in [6.45, 7) is 1.11. The number of benzene rings is 1. The summed E-state index contributed by atoms with van der Waals surface area (Å²) in [5.41, 5.74) is -0.107. The second-order valence-corrected chi connectivity index (χ2v) is 5.65. The molecule has 3 rings (SSSR count). The molecule has 2 aromatic rings. The Morgan fingerprint density at radius 1 is 1.04 bits per heavy atom. The van der Waals surface area contributed by atoms with E-state index in [1.165, 1.54) is 12.1 Å². The minimum Gasteiger partial charge on any atom is -0.382 e. The van der Waals surface area contributed by atoms with Crippen LogP contribution in [0.15, 0.2) is 36.5 Å². The van der Waals surface area contributed by atoms with Crippen LogP contribution in [0.1, 0.15) is 18.5 Å². The van der Waals surface area contributed by atoms with Gasteiger partial charge in [-0.15, -0.1) is 0 Å². The average Bonchev–Trinajstić information content (AvgIpc) is 2.57.